The van der Waals surface area contributed by atoms with Crippen LogP contribution < -0.4 is 0 Å². The van der Waals surface area contributed by atoms with Crippen LogP contribution in [-0.4, -0.2) is 29.7 Å². The molecule has 0 bridgehead atoms. The van der Waals surface area contributed by atoms with Crippen molar-refractivity contribution in [1.29, 1.82) is 0 Å². The lowest BCUT2D eigenvalue weighted by Gasteiger charge is -2.33. The summed E-state index contributed by atoms with van der Waals surface area (Å²) in [6.45, 7) is 9.43. The molecule has 1 aliphatic rings. The first-order valence-electron chi connectivity index (χ1n) is 6.56. The van der Waals surface area contributed by atoms with Crippen LogP contribution in [0.2, 0.25) is 0 Å². The molecular formula is C14H21NO3S. The summed E-state index contributed by atoms with van der Waals surface area (Å²) >= 11 is 1.66. The summed E-state index contributed by atoms with van der Waals surface area (Å²) in [5.41, 5.74) is 0.750. The van der Waals surface area contributed by atoms with Crippen LogP contribution in [0.4, 0.5) is 4.79 Å². The van der Waals surface area contributed by atoms with Crippen molar-refractivity contribution in [2.45, 2.75) is 45.9 Å². The molecule has 1 atom stereocenters. The summed E-state index contributed by atoms with van der Waals surface area (Å²) in [6.07, 6.45) is -0.302. The van der Waals surface area contributed by atoms with Crippen LogP contribution >= 0.6 is 11.3 Å². The maximum absolute atomic E-state index is 12.1. The van der Waals surface area contributed by atoms with Gasteiger partial charge in [0.05, 0.1) is 13.1 Å². The van der Waals surface area contributed by atoms with Gasteiger partial charge in [-0.3, -0.25) is 0 Å². The minimum absolute atomic E-state index is 0.0347. The predicted octanol–water partition coefficient (Wildman–Crippen LogP) is 3.58. The largest absolute Gasteiger partial charge is 0.444 e. The standard InChI is InChI=1S/C14H21NO3S/c1-5-17-11-8-15(13(16)18-14(2,3)4)9-12-10(11)6-7-19-12/h6-7,11H,5,8-9H2,1-4H3. The molecule has 0 aromatic carbocycles. The van der Waals surface area contributed by atoms with Gasteiger partial charge >= 0.3 is 6.09 Å². The Morgan fingerprint density at radius 1 is 1.53 bits per heavy atom. The van der Waals surface area contributed by atoms with Gasteiger partial charge in [0.2, 0.25) is 0 Å². The van der Waals surface area contributed by atoms with Gasteiger partial charge in [-0.25, -0.2) is 4.79 Å². The molecular weight excluding hydrogens is 262 g/mol. The van der Waals surface area contributed by atoms with Crippen LogP contribution in [0.1, 0.15) is 44.2 Å². The van der Waals surface area contributed by atoms with Crippen LogP contribution in [-0.2, 0) is 16.0 Å². The molecule has 19 heavy (non-hydrogen) atoms. The van der Waals surface area contributed by atoms with E-state index >= 15 is 0 Å². The highest BCUT2D eigenvalue weighted by Crippen LogP contribution is 2.33. The summed E-state index contributed by atoms with van der Waals surface area (Å²) in [7, 11) is 0. The van der Waals surface area contributed by atoms with E-state index in [1.54, 1.807) is 16.2 Å². The minimum Gasteiger partial charge on any atom is -0.444 e. The van der Waals surface area contributed by atoms with Gasteiger partial charge in [-0.05, 0) is 44.7 Å². The van der Waals surface area contributed by atoms with Gasteiger partial charge in [0.25, 0.3) is 0 Å². The van der Waals surface area contributed by atoms with E-state index in [2.05, 4.69) is 11.4 Å². The Hall–Kier alpha value is -1.07. The summed E-state index contributed by atoms with van der Waals surface area (Å²) < 4.78 is 11.2. The Labute approximate surface area is 118 Å². The van der Waals surface area contributed by atoms with E-state index in [9.17, 15) is 4.79 Å². The lowest BCUT2D eigenvalue weighted by atomic mass is 10.1. The Morgan fingerprint density at radius 3 is 2.89 bits per heavy atom. The second kappa shape index (κ2) is 5.51. The van der Waals surface area contributed by atoms with Gasteiger partial charge in [0.15, 0.2) is 0 Å². The lowest BCUT2D eigenvalue weighted by Crippen LogP contribution is -2.41. The molecule has 0 aliphatic carbocycles. The second-order valence-corrected chi connectivity index (χ2v) is 6.60. The molecule has 2 rings (SSSR count). The molecule has 0 saturated heterocycles. The number of carbonyl (C=O) groups is 1. The fraction of sp³-hybridized carbons (Fsp3) is 0.643. The summed E-state index contributed by atoms with van der Waals surface area (Å²) in [6, 6.07) is 2.09. The SMILES string of the molecule is CCOC1CN(C(=O)OC(C)(C)C)Cc2sccc21. The Morgan fingerprint density at radius 2 is 2.26 bits per heavy atom. The molecule has 0 fully saturated rings. The zero-order valence-corrected chi connectivity index (χ0v) is 12.8. The molecule has 106 valence electrons. The number of hydrogen-bond acceptors (Lipinski definition) is 4. The molecule has 0 spiro atoms. The first-order chi connectivity index (χ1) is 8.90. The number of rotatable bonds is 2. The maximum atomic E-state index is 12.1. The zero-order chi connectivity index (χ0) is 14.0. The summed E-state index contributed by atoms with van der Waals surface area (Å²) in [5.74, 6) is 0. The molecule has 0 N–H and O–H groups in total. The number of hydrogen-bond donors (Lipinski definition) is 0. The van der Waals surface area contributed by atoms with E-state index in [1.807, 2.05) is 27.7 Å². The van der Waals surface area contributed by atoms with E-state index in [0.29, 0.717) is 19.7 Å². The van der Waals surface area contributed by atoms with Crippen molar-refractivity contribution in [1.82, 2.24) is 4.90 Å². The third-order valence-corrected chi connectivity index (χ3v) is 3.79. The third-order valence-electron chi connectivity index (χ3n) is 2.87. The van der Waals surface area contributed by atoms with Crippen molar-refractivity contribution in [3.63, 3.8) is 0 Å². The number of carbonyl (C=O) groups excluding carboxylic acids is 1. The van der Waals surface area contributed by atoms with Crippen molar-refractivity contribution in [2.24, 2.45) is 0 Å². The van der Waals surface area contributed by atoms with Crippen molar-refractivity contribution in [3.05, 3.63) is 21.9 Å². The third kappa shape index (κ3) is 3.48. The van der Waals surface area contributed by atoms with Crippen LogP contribution in [0.5, 0.6) is 0 Å². The van der Waals surface area contributed by atoms with Crippen molar-refractivity contribution >= 4 is 17.4 Å². The van der Waals surface area contributed by atoms with Crippen LogP contribution in [0.15, 0.2) is 11.4 Å². The van der Waals surface area contributed by atoms with Gasteiger partial charge in [-0.15, -0.1) is 11.3 Å². The first kappa shape index (κ1) is 14.3. The highest BCUT2D eigenvalue weighted by Gasteiger charge is 2.31. The molecule has 1 amide bonds. The van der Waals surface area contributed by atoms with E-state index < -0.39 is 5.60 Å². The number of fused-ring (bicyclic) bond motifs is 1. The molecule has 2 heterocycles. The van der Waals surface area contributed by atoms with Gasteiger partial charge in [0, 0.05) is 11.5 Å². The average Bonchev–Trinajstić information content (AvgIpc) is 2.75. The Balaban J connectivity index is 2.12. The lowest BCUT2D eigenvalue weighted by molar-refractivity contribution is -0.00862. The van der Waals surface area contributed by atoms with E-state index in [0.717, 1.165) is 0 Å². The topological polar surface area (TPSA) is 38.8 Å². The van der Waals surface area contributed by atoms with E-state index in [4.69, 9.17) is 9.47 Å². The monoisotopic (exact) mass is 283 g/mol. The Kier molecular flexibility index (Phi) is 4.16. The smallest absolute Gasteiger partial charge is 0.410 e. The van der Waals surface area contributed by atoms with Crippen molar-refractivity contribution in [2.75, 3.05) is 13.2 Å². The molecule has 1 unspecified atom stereocenters. The highest BCUT2D eigenvalue weighted by atomic mass is 32.1. The van der Waals surface area contributed by atoms with Crippen LogP contribution in [0, 0.1) is 0 Å². The molecule has 0 radical (unpaired) electrons. The highest BCUT2D eigenvalue weighted by molar-refractivity contribution is 7.10. The fourth-order valence-electron chi connectivity index (χ4n) is 2.11. The quantitative estimate of drug-likeness (QED) is 0.832. The Bertz CT molecular complexity index is 450. The van der Waals surface area contributed by atoms with Crippen LogP contribution in [0.25, 0.3) is 0 Å². The first-order valence-corrected chi connectivity index (χ1v) is 7.44. The van der Waals surface area contributed by atoms with Crippen molar-refractivity contribution in [3.8, 4) is 0 Å². The zero-order valence-electron chi connectivity index (χ0n) is 11.9. The maximum Gasteiger partial charge on any atom is 0.410 e. The van der Waals surface area contributed by atoms with Gasteiger partial charge in [-0.1, -0.05) is 0 Å². The molecule has 4 nitrogen and oxygen atoms in total. The molecule has 1 aliphatic heterocycles. The average molecular weight is 283 g/mol. The minimum atomic E-state index is -0.464. The molecule has 1 aromatic heterocycles. The number of nitrogens with zero attached hydrogens (tertiary/aromatic N) is 1. The van der Waals surface area contributed by atoms with Crippen molar-refractivity contribution < 1.29 is 14.3 Å². The molecule has 5 heteroatoms. The predicted molar refractivity (Wildman–Crippen MR) is 75.3 cm³/mol. The van der Waals surface area contributed by atoms with E-state index in [1.165, 1.54) is 10.4 Å². The summed E-state index contributed by atoms with van der Waals surface area (Å²) in [5, 5.41) is 2.05. The number of ether oxygens (including phenoxy) is 2. The van der Waals surface area contributed by atoms with Gasteiger partial charge in [-0.2, -0.15) is 0 Å². The second-order valence-electron chi connectivity index (χ2n) is 5.60. The normalized spacial score (nSPS) is 19.2. The number of thiophene rings is 1. The van der Waals surface area contributed by atoms with Gasteiger partial charge < -0.3 is 14.4 Å². The fourth-order valence-corrected chi connectivity index (χ4v) is 3.06. The molecule has 1 aromatic rings. The van der Waals surface area contributed by atoms with Crippen LogP contribution in [0.3, 0.4) is 0 Å². The van der Waals surface area contributed by atoms with E-state index in [-0.39, 0.29) is 12.2 Å². The summed E-state index contributed by atoms with van der Waals surface area (Å²) in [4.78, 5) is 15.1. The molecule has 0 saturated carbocycles. The number of amides is 1. The van der Waals surface area contributed by atoms with Gasteiger partial charge in [0.1, 0.15) is 11.7 Å².